The summed E-state index contributed by atoms with van der Waals surface area (Å²) in [6, 6.07) is 9.93. The second kappa shape index (κ2) is 7.78. The third-order valence-electron chi connectivity index (χ3n) is 4.74. The van der Waals surface area contributed by atoms with Crippen molar-refractivity contribution in [2.75, 3.05) is 21.8 Å². The van der Waals surface area contributed by atoms with Crippen molar-refractivity contribution in [2.24, 2.45) is 5.73 Å². The number of carbonyl (C=O) groups is 1. The van der Waals surface area contributed by atoms with Crippen LogP contribution in [0.15, 0.2) is 53.9 Å². The monoisotopic (exact) mass is 465 g/mol. The largest absolute Gasteiger partial charge is 0.416 e. The van der Waals surface area contributed by atoms with Crippen LogP contribution in [0.4, 0.5) is 40.0 Å². The molecule has 160 valence electrons. The van der Waals surface area contributed by atoms with Gasteiger partial charge in [-0.1, -0.05) is 11.6 Å². The first kappa shape index (κ1) is 21.0. The third kappa shape index (κ3) is 3.91. The van der Waals surface area contributed by atoms with Gasteiger partial charge in [-0.25, -0.2) is 4.79 Å². The van der Waals surface area contributed by atoms with Gasteiger partial charge in [-0.3, -0.25) is 10.3 Å². The summed E-state index contributed by atoms with van der Waals surface area (Å²) in [6.45, 7) is 0.380. The average molecular weight is 466 g/mol. The molecule has 2 aromatic carbocycles. The molecule has 0 bridgehead atoms. The van der Waals surface area contributed by atoms with E-state index in [-0.39, 0.29) is 16.4 Å². The first-order valence-corrected chi connectivity index (χ1v) is 10.2. The first-order chi connectivity index (χ1) is 14.7. The van der Waals surface area contributed by atoms with E-state index in [0.29, 0.717) is 18.2 Å². The smallest absolute Gasteiger partial charge is 0.359 e. The average Bonchev–Trinajstić information content (AvgIpc) is 3.19. The van der Waals surface area contributed by atoms with Crippen molar-refractivity contribution in [1.82, 2.24) is 0 Å². The number of amidine groups is 1. The van der Waals surface area contributed by atoms with Crippen LogP contribution in [0, 0.1) is 5.41 Å². The normalized spacial score (nSPS) is 13.5. The molecule has 4 N–H and O–H groups in total. The predicted molar refractivity (Wildman–Crippen MR) is 117 cm³/mol. The first-order valence-electron chi connectivity index (χ1n) is 8.91. The fourth-order valence-corrected chi connectivity index (χ4v) is 4.24. The molecule has 31 heavy (non-hydrogen) atoms. The molecular formula is C20H15ClF3N5OS. The Balaban J connectivity index is 1.67. The lowest BCUT2D eigenvalue weighted by Gasteiger charge is -2.31. The van der Waals surface area contributed by atoms with Crippen LogP contribution in [-0.4, -0.2) is 18.5 Å². The number of hydrogen-bond acceptors (Lipinski definition) is 4. The molecule has 0 spiro atoms. The molecule has 1 aromatic heterocycles. The number of nitrogens with two attached hydrogens (primary N) is 1. The number of nitrogens with zero attached hydrogens (tertiary/aromatic N) is 2. The second-order valence-electron chi connectivity index (χ2n) is 6.63. The van der Waals surface area contributed by atoms with E-state index in [1.54, 1.807) is 17.0 Å². The molecule has 0 radical (unpaired) electrons. The molecule has 0 saturated heterocycles. The van der Waals surface area contributed by atoms with E-state index < -0.39 is 17.8 Å². The Kier molecular flexibility index (Phi) is 5.28. The van der Waals surface area contributed by atoms with Crippen molar-refractivity contribution < 1.29 is 18.0 Å². The number of nitrogens with one attached hydrogen (secondary N) is 2. The van der Waals surface area contributed by atoms with Gasteiger partial charge in [-0.15, -0.1) is 11.3 Å². The zero-order valence-corrected chi connectivity index (χ0v) is 17.3. The molecule has 2 heterocycles. The van der Waals surface area contributed by atoms with Gasteiger partial charge in [-0.05, 0) is 53.9 Å². The fourth-order valence-electron chi connectivity index (χ4n) is 3.26. The maximum absolute atomic E-state index is 13.1. The third-order valence-corrected chi connectivity index (χ3v) is 5.93. The van der Waals surface area contributed by atoms with Gasteiger partial charge < -0.3 is 16.0 Å². The number of anilines is 4. The van der Waals surface area contributed by atoms with Crippen LogP contribution in [-0.2, 0) is 6.18 Å². The summed E-state index contributed by atoms with van der Waals surface area (Å²) in [5, 5.41) is 14.4. The molecule has 6 nitrogen and oxygen atoms in total. The quantitative estimate of drug-likeness (QED) is 0.453. The van der Waals surface area contributed by atoms with Crippen LogP contribution in [0.1, 0.15) is 11.1 Å². The zero-order chi connectivity index (χ0) is 22.3. The summed E-state index contributed by atoms with van der Waals surface area (Å²) >= 11 is 7.59. The predicted octanol–water partition coefficient (Wildman–Crippen LogP) is 5.85. The van der Waals surface area contributed by atoms with Gasteiger partial charge in [0.1, 0.15) is 10.8 Å². The number of primary amides is 1. The van der Waals surface area contributed by atoms with Crippen molar-refractivity contribution in [3.63, 3.8) is 0 Å². The molecule has 0 unspecified atom stereocenters. The molecule has 2 amide bonds. The van der Waals surface area contributed by atoms with Crippen molar-refractivity contribution in [1.29, 1.82) is 5.41 Å². The van der Waals surface area contributed by atoms with Gasteiger partial charge >= 0.3 is 12.2 Å². The number of halogens is 4. The summed E-state index contributed by atoms with van der Waals surface area (Å²) in [4.78, 5) is 14.8. The van der Waals surface area contributed by atoms with Crippen LogP contribution in [0.25, 0.3) is 0 Å². The highest BCUT2D eigenvalue weighted by Gasteiger charge is 2.32. The highest BCUT2D eigenvalue weighted by Crippen LogP contribution is 2.38. The maximum atomic E-state index is 13.1. The summed E-state index contributed by atoms with van der Waals surface area (Å²) in [7, 11) is 0. The lowest BCUT2D eigenvalue weighted by molar-refractivity contribution is -0.137. The van der Waals surface area contributed by atoms with Gasteiger partial charge in [-0.2, -0.15) is 13.2 Å². The van der Waals surface area contributed by atoms with E-state index in [1.807, 2.05) is 11.4 Å². The highest BCUT2D eigenvalue weighted by atomic mass is 35.5. The molecule has 0 fully saturated rings. The summed E-state index contributed by atoms with van der Waals surface area (Å²) in [5.74, 6) is 0.315. The number of rotatable bonds is 3. The number of carbonyl (C=O) groups excluding carboxylic acids is 1. The standard InChI is InChI=1S/C20H15ClF3N5OS/c21-15-6-1-11(20(22,23)24)9-16(15)29(19(26)30)13-4-2-12(3-5-13)28-10-27-18-14(17(28)25)7-8-31-18/h1-9,25,27H,10H2,(H2,26,30). The summed E-state index contributed by atoms with van der Waals surface area (Å²) in [6.07, 6.45) is -4.60. The van der Waals surface area contributed by atoms with Gasteiger partial charge in [0.05, 0.1) is 34.2 Å². The van der Waals surface area contributed by atoms with E-state index >= 15 is 0 Å². The minimum atomic E-state index is -4.60. The van der Waals surface area contributed by atoms with Crippen LogP contribution >= 0.6 is 22.9 Å². The second-order valence-corrected chi connectivity index (χ2v) is 7.95. The van der Waals surface area contributed by atoms with Crippen LogP contribution < -0.4 is 20.9 Å². The minimum absolute atomic E-state index is 0.0529. The van der Waals surface area contributed by atoms with Gasteiger partial charge in [0, 0.05) is 5.69 Å². The van der Waals surface area contributed by atoms with Crippen molar-refractivity contribution in [2.45, 2.75) is 6.18 Å². The van der Waals surface area contributed by atoms with Crippen LogP contribution in [0.2, 0.25) is 5.02 Å². The number of alkyl halides is 3. The van der Waals surface area contributed by atoms with Crippen molar-refractivity contribution >= 4 is 56.9 Å². The Morgan fingerprint density at radius 2 is 1.90 bits per heavy atom. The number of fused-ring (bicyclic) bond motifs is 1. The maximum Gasteiger partial charge on any atom is 0.416 e. The van der Waals surface area contributed by atoms with E-state index in [4.69, 9.17) is 22.7 Å². The van der Waals surface area contributed by atoms with Gasteiger partial charge in [0.15, 0.2) is 0 Å². The van der Waals surface area contributed by atoms with Crippen molar-refractivity contribution in [3.8, 4) is 0 Å². The number of hydrogen-bond donors (Lipinski definition) is 3. The van der Waals surface area contributed by atoms with Gasteiger partial charge in [0.25, 0.3) is 0 Å². The number of thiophene rings is 1. The summed E-state index contributed by atoms with van der Waals surface area (Å²) < 4.78 is 39.4. The zero-order valence-electron chi connectivity index (χ0n) is 15.7. The number of urea groups is 1. The highest BCUT2D eigenvalue weighted by molar-refractivity contribution is 7.14. The van der Waals surface area contributed by atoms with Crippen LogP contribution in [0.3, 0.4) is 0 Å². The number of amides is 2. The molecule has 0 atom stereocenters. The fraction of sp³-hybridized carbons (Fsp3) is 0.100. The van der Waals surface area contributed by atoms with E-state index in [1.165, 1.54) is 23.5 Å². The van der Waals surface area contributed by atoms with E-state index in [2.05, 4.69) is 5.32 Å². The molecule has 11 heteroatoms. The SMILES string of the molecule is N=C1c2ccsc2NCN1c1ccc(N(C(N)=O)c2cc(C(F)(F)F)ccc2Cl)cc1. The Morgan fingerprint density at radius 1 is 1.19 bits per heavy atom. The Labute approximate surface area is 184 Å². The molecule has 4 rings (SSSR count). The molecule has 1 aliphatic heterocycles. The Morgan fingerprint density at radius 3 is 2.55 bits per heavy atom. The summed E-state index contributed by atoms with van der Waals surface area (Å²) in [5.41, 5.74) is 6.02. The molecular weight excluding hydrogens is 451 g/mol. The van der Waals surface area contributed by atoms with E-state index in [9.17, 15) is 18.0 Å². The Bertz CT molecular complexity index is 1160. The van der Waals surface area contributed by atoms with Gasteiger partial charge in [0.2, 0.25) is 0 Å². The van der Waals surface area contributed by atoms with Crippen molar-refractivity contribution in [3.05, 3.63) is 70.1 Å². The molecule has 0 aliphatic carbocycles. The molecule has 3 aromatic rings. The lowest BCUT2D eigenvalue weighted by atomic mass is 10.1. The number of benzene rings is 2. The van der Waals surface area contributed by atoms with E-state index in [0.717, 1.165) is 33.7 Å². The van der Waals surface area contributed by atoms with Crippen LogP contribution in [0.5, 0.6) is 0 Å². The Hall–Kier alpha value is -3.24. The molecule has 1 aliphatic rings. The minimum Gasteiger partial charge on any atom is -0.359 e. The topological polar surface area (TPSA) is 85.5 Å². The molecule has 0 saturated carbocycles. The lowest BCUT2D eigenvalue weighted by Crippen LogP contribution is -2.39.